The average Bonchev–Trinajstić information content (AvgIpc) is 3.01. The van der Waals surface area contributed by atoms with Gasteiger partial charge in [-0.1, -0.05) is 12.8 Å². The Hall–Kier alpha value is -1.10. The first-order chi connectivity index (χ1) is 9.93. The number of hydrogen-bond donors (Lipinski definition) is 1. The molecule has 2 rings (SSSR count). The van der Waals surface area contributed by atoms with E-state index < -0.39 is 5.54 Å². The van der Waals surface area contributed by atoms with Crippen LogP contribution < -0.4 is 5.32 Å². The number of ether oxygens (including phenoxy) is 1. The largest absolute Gasteiger partial charge is 0.378 e. The number of likely N-dealkylation sites (tertiary alicyclic amines) is 1. The number of hydrogen-bond acceptors (Lipinski definition) is 3. The van der Waals surface area contributed by atoms with Crippen molar-refractivity contribution in [1.29, 1.82) is 0 Å². The first kappa shape index (κ1) is 16.3. The van der Waals surface area contributed by atoms with Crippen LogP contribution in [0.2, 0.25) is 0 Å². The molecule has 1 saturated heterocycles. The molecule has 1 heterocycles. The van der Waals surface area contributed by atoms with Crippen LogP contribution in [0.1, 0.15) is 52.4 Å². The number of nitrogens with zero attached hydrogens (tertiary/aromatic N) is 1. The lowest BCUT2D eigenvalue weighted by molar-refractivity contribution is -0.128. The SMILES string of the molecule is CN1C(=O)CC(C(=O)NCCCOC2CCCC2)C1(C)C. The van der Waals surface area contributed by atoms with Gasteiger partial charge in [-0.3, -0.25) is 9.59 Å². The third kappa shape index (κ3) is 3.76. The smallest absolute Gasteiger partial charge is 0.225 e. The molecule has 120 valence electrons. The third-order valence-corrected chi connectivity index (χ3v) is 5.06. The molecule has 0 radical (unpaired) electrons. The number of carbonyl (C=O) groups is 2. The van der Waals surface area contributed by atoms with Crippen LogP contribution in [-0.4, -0.2) is 48.6 Å². The van der Waals surface area contributed by atoms with Gasteiger partial charge in [0.2, 0.25) is 11.8 Å². The summed E-state index contributed by atoms with van der Waals surface area (Å²) >= 11 is 0. The Morgan fingerprint density at radius 1 is 1.38 bits per heavy atom. The Morgan fingerprint density at radius 2 is 2.05 bits per heavy atom. The van der Waals surface area contributed by atoms with Crippen molar-refractivity contribution in [2.24, 2.45) is 5.92 Å². The van der Waals surface area contributed by atoms with Crippen molar-refractivity contribution in [3.63, 3.8) is 0 Å². The van der Waals surface area contributed by atoms with Crippen molar-refractivity contribution in [2.45, 2.75) is 64.0 Å². The normalized spacial score (nSPS) is 25.6. The fourth-order valence-corrected chi connectivity index (χ4v) is 3.24. The highest BCUT2D eigenvalue weighted by molar-refractivity contribution is 5.90. The predicted molar refractivity (Wildman–Crippen MR) is 80.8 cm³/mol. The van der Waals surface area contributed by atoms with Gasteiger partial charge in [0.25, 0.3) is 0 Å². The first-order valence-electron chi connectivity index (χ1n) is 8.09. The summed E-state index contributed by atoms with van der Waals surface area (Å²) in [6.45, 7) is 5.23. The molecule has 2 aliphatic rings. The summed E-state index contributed by atoms with van der Waals surface area (Å²) < 4.78 is 5.77. The second kappa shape index (κ2) is 6.77. The third-order valence-electron chi connectivity index (χ3n) is 5.06. The lowest BCUT2D eigenvalue weighted by Gasteiger charge is -2.32. The zero-order valence-corrected chi connectivity index (χ0v) is 13.5. The van der Waals surface area contributed by atoms with E-state index in [0.29, 0.717) is 25.7 Å². The van der Waals surface area contributed by atoms with Gasteiger partial charge in [0.05, 0.1) is 12.0 Å². The van der Waals surface area contributed by atoms with Crippen molar-refractivity contribution in [1.82, 2.24) is 10.2 Å². The van der Waals surface area contributed by atoms with Gasteiger partial charge in [0.1, 0.15) is 0 Å². The van der Waals surface area contributed by atoms with E-state index in [9.17, 15) is 9.59 Å². The quantitative estimate of drug-likeness (QED) is 0.759. The van der Waals surface area contributed by atoms with Gasteiger partial charge in [-0.25, -0.2) is 0 Å². The van der Waals surface area contributed by atoms with E-state index in [4.69, 9.17) is 4.74 Å². The Balaban J connectivity index is 1.66. The van der Waals surface area contributed by atoms with E-state index in [1.807, 2.05) is 13.8 Å². The zero-order valence-electron chi connectivity index (χ0n) is 13.5. The molecule has 2 fully saturated rings. The molecule has 5 heteroatoms. The molecule has 0 aromatic rings. The number of nitrogens with one attached hydrogen (secondary N) is 1. The Labute approximate surface area is 127 Å². The summed E-state index contributed by atoms with van der Waals surface area (Å²) in [5.74, 6) is -0.228. The second-order valence-corrected chi connectivity index (χ2v) is 6.78. The van der Waals surface area contributed by atoms with Crippen molar-refractivity contribution < 1.29 is 14.3 Å². The van der Waals surface area contributed by atoms with Crippen molar-refractivity contribution in [3.8, 4) is 0 Å². The molecule has 1 aliphatic carbocycles. The monoisotopic (exact) mass is 296 g/mol. The maximum absolute atomic E-state index is 12.2. The van der Waals surface area contributed by atoms with Crippen molar-refractivity contribution in [2.75, 3.05) is 20.2 Å². The molecule has 0 aromatic carbocycles. The summed E-state index contributed by atoms with van der Waals surface area (Å²) in [5, 5.41) is 2.95. The second-order valence-electron chi connectivity index (χ2n) is 6.78. The van der Waals surface area contributed by atoms with Gasteiger partial charge in [-0.2, -0.15) is 0 Å². The van der Waals surface area contributed by atoms with Crippen LogP contribution in [0.25, 0.3) is 0 Å². The molecule has 1 saturated carbocycles. The van der Waals surface area contributed by atoms with Crippen molar-refractivity contribution >= 4 is 11.8 Å². The summed E-state index contributed by atoms with van der Waals surface area (Å²) in [5.41, 5.74) is -0.401. The van der Waals surface area contributed by atoms with Gasteiger partial charge in [-0.05, 0) is 33.1 Å². The maximum Gasteiger partial charge on any atom is 0.225 e. The van der Waals surface area contributed by atoms with Crippen LogP contribution >= 0.6 is 0 Å². The topological polar surface area (TPSA) is 58.6 Å². The van der Waals surface area contributed by atoms with E-state index in [-0.39, 0.29) is 17.7 Å². The average molecular weight is 296 g/mol. The summed E-state index contributed by atoms with van der Waals surface area (Å²) in [7, 11) is 1.77. The maximum atomic E-state index is 12.2. The molecular formula is C16H28N2O3. The van der Waals surface area contributed by atoms with Crippen LogP contribution in [0.4, 0.5) is 0 Å². The van der Waals surface area contributed by atoms with Gasteiger partial charge in [-0.15, -0.1) is 0 Å². The molecule has 0 aromatic heterocycles. The summed E-state index contributed by atoms with van der Waals surface area (Å²) in [4.78, 5) is 25.7. The number of amides is 2. The molecule has 0 spiro atoms. The summed E-state index contributed by atoms with van der Waals surface area (Å²) in [6, 6.07) is 0. The molecule has 21 heavy (non-hydrogen) atoms. The number of rotatable bonds is 6. The Morgan fingerprint density at radius 3 is 2.62 bits per heavy atom. The number of carbonyl (C=O) groups excluding carboxylic acids is 2. The lowest BCUT2D eigenvalue weighted by Crippen LogP contribution is -2.47. The molecule has 1 aliphatic heterocycles. The minimum atomic E-state index is -0.401. The lowest BCUT2D eigenvalue weighted by atomic mass is 9.88. The fraction of sp³-hybridized carbons (Fsp3) is 0.875. The fourth-order valence-electron chi connectivity index (χ4n) is 3.24. The van der Waals surface area contributed by atoms with E-state index in [1.165, 1.54) is 25.7 Å². The highest BCUT2D eigenvalue weighted by atomic mass is 16.5. The van der Waals surface area contributed by atoms with Gasteiger partial charge in [0.15, 0.2) is 0 Å². The molecule has 0 bridgehead atoms. The van der Waals surface area contributed by atoms with Crippen LogP contribution in [-0.2, 0) is 14.3 Å². The van der Waals surface area contributed by atoms with E-state index >= 15 is 0 Å². The molecule has 1 atom stereocenters. The molecular weight excluding hydrogens is 268 g/mol. The van der Waals surface area contributed by atoms with E-state index in [1.54, 1.807) is 11.9 Å². The van der Waals surface area contributed by atoms with Crippen LogP contribution in [0, 0.1) is 5.92 Å². The molecule has 1 N–H and O–H groups in total. The van der Waals surface area contributed by atoms with Crippen LogP contribution in [0.15, 0.2) is 0 Å². The van der Waals surface area contributed by atoms with E-state index in [2.05, 4.69) is 5.32 Å². The highest BCUT2D eigenvalue weighted by Crippen LogP contribution is 2.34. The molecule has 2 amide bonds. The van der Waals surface area contributed by atoms with Crippen molar-refractivity contribution in [3.05, 3.63) is 0 Å². The standard InChI is InChI=1S/C16H28N2O3/c1-16(2)13(11-14(19)18(16)3)15(20)17-9-6-10-21-12-7-4-5-8-12/h12-13H,4-11H2,1-3H3,(H,17,20). The zero-order chi connectivity index (χ0) is 15.5. The summed E-state index contributed by atoms with van der Waals surface area (Å²) in [6.07, 6.45) is 6.49. The minimum absolute atomic E-state index is 0.0152. The van der Waals surface area contributed by atoms with Crippen LogP contribution in [0.5, 0.6) is 0 Å². The molecule has 5 nitrogen and oxygen atoms in total. The Bertz CT molecular complexity index is 389. The first-order valence-corrected chi connectivity index (χ1v) is 8.09. The minimum Gasteiger partial charge on any atom is -0.378 e. The van der Waals surface area contributed by atoms with Crippen LogP contribution in [0.3, 0.4) is 0 Å². The van der Waals surface area contributed by atoms with Gasteiger partial charge in [0, 0.05) is 32.2 Å². The Kier molecular flexibility index (Phi) is 5.25. The van der Waals surface area contributed by atoms with Gasteiger partial charge < -0.3 is 15.0 Å². The highest BCUT2D eigenvalue weighted by Gasteiger charge is 2.47. The van der Waals surface area contributed by atoms with E-state index in [0.717, 1.165) is 6.42 Å². The molecule has 1 unspecified atom stereocenters. The van der Waals surface area contributed by atoms with Gasteiger partial charge >= 0.3 is 0 Å². The predicted octanol–water partition coefficient (Wildman–Crippen LogP) is 1.71.